The molecule has 9 heteroatoms. The van der Waals surface area contributed by atoms with E-state index in [0.29, 0.717) is 37.9 Å². The smallest absolute Gasteiger partial charge is 0.274 e. The lowest BCUT2D eigenvalue weighted by molar-refractivity contribution is -0.0606. The van der Waals surface area contributed by atoms with Crippen molar-refractivity contribution >= 4 is 11.6 Å². The molecule has 1 atom stereocenters. The number of anilines is 1. The van der Waals surface area contributed by atoms with Gasteiger partial charge in [0, 0.05) is 48.6 Å². The van der Waals surface area contributed by atoms with Gasteiger partial charge in [0.2, 0.25) is 0 Å². The van der Waals surface area contributed by atoms with Gasteiger partial charge in [-0.25, -0.2) is 9.97 Å². The van der Waals surface area contributed by atoms with E-state index in [0.717, 1.165) is 66.3 Å². The summed E-state index contributed by atoms with van der Waals surface area (Å²) in [4.78, 5) is 24.8. The highest BCUT2D eigenvalue weighted by Crippen LogP contribution is 2.39. The maximum absolute atomic E-state index is 13.3. The van der Waals surface area contributed by atoms with E-state index in [1.807, 2.05) is 25.1 Å². The number of aliphatic hydroxyl groups is 1. The van der Waals surface area contributed by atoms with Crippen LogP contribution in [-0.4, -0.2) is 63.4 Å². The second kappa shape index (κ2) is 9.38. The largest absolute Gasteiger partial charge is 0.392 e. The van der Waals surface area contributed by atoms with Gasteiger partial charge < -0.3 is 19.7 Å². The normalized spacial score (nSPS) is 21.3. The number of nitrogens with zero attached hydrogens (tertiary/aromatic N) is 4. The third-order valence-corrected chi connectivity index (χ3v) is 7.45. The van der Waals surface area contributed by atoms with E-state index in [2.05, 4.69) is 26.4 Å². The molecule has 9 nitrogen and oxygen atoms in total. The van der Waals surface area contributed by atoms with Crippen LogP contribution in [0.1, 0.15) is 64.0 Å². The molecular weight excluding hydrogens is 458 g/mol. The van der Waals surface area contributed by atoms with E-state index in [1.54, 1.807) is 12.3 Å². The van der Waals surface area contributed by atoms with Crippen molar-refractivity contribution < 1.29 is 19.2 Å². The number of aryl methyl sites for hydroxylation is 1. The van der Waals surface area contributed by atoms with E-state index in [-0.39, 0.29) is 17.4 Å². The zero-order chi connectivity index (χ0) is 24.7. The first-order valence-electron chi connectivity index (χ1n) is 12.7. The maximum Gasteiger partial charge on any atom is 0.274 e. The molecule has 36 heavy (non-hydrogen) atoms. The van der Waals surface area contributed by atoms with Crippen LogP contribution in [0.25, 0.3) is 0 Å². The number of amides is 1. The lowest BCUT2D eigenvalue weighted by Gasteiger charge is -2.42. The van der Waals surface area contributed by atoms with E-state index in [1.165, 1.54) is 0 Å². The Hall–Kier alpha value is -3.14. The molecule has 2 aromatic heterocycles. The molecule has 6 rings (SSSR count). The quantitative estimate of drug-likeness (QED) is 0.497. The van der Waals surface area contributed by atoms with Gasteiger partial charge in [0.05, 0.1) is 30.7 Å². The van der Waals surface area contributed by atoms with Crippen molar-refractivity contribution in [3.8, 4) is 0 Å². The van der Waals surface area contributed by atoms with Crippen molar-refractivity contribution in [1.82, 2.24) is 20.0 Å². The van der Waals surface area contributed by atoms with E-state index in [9.17, 15) is 9.90 Å². The Morgan fingerprint density at radius 3 is 2.75 bits per heavy atom. The monoisotopic (exact) mass is 489 g/mol. The predicted molar refractivity (Wildman–Crippen MR) is 132 cm³/mol. The van der Waals surface area contributed by atoms with Crippen LogP contribution >= 0.6 is 0 Å². The first-order chi connectivity index (χ1) is 17.5. The van der Waals surface area contributed by atoms with Crippen molar-refractivity contribution in [1.29, 1.82) is 0 Å². The second-order valence-electron chi connectivity index (χ2n) is 10.5. The highest BCUT2D eigenvalue weighted by atomic mass is 16.5. The average molecular weight is 490 g/mol. The van der Waals surface area contributed by atoms with E-state index in [4.69, 9.17) is 14.2 Å². The molecule has 0 radical (unpaired) electrons. The van der Waals surface area contributed by atoms with Crippen LogP contribution in [0.4, 0.5) is 5.69 Å². The Kier molecular flexibility index (Phi) is 6.07. The molecule has 0 unspecified atom stereocenters. The predicted octanol–water partition coefficient (Wildman–Crippen LogP) is 2.98. The van der Waals surface area contributed by atoms with Gasteiger partial charge in [-0.1, -0.05) is 17.3 Å². The van der Waals surface area contributed by atoms with Crippen molar-refractivity contribution in [2.75, 3.05) is 31.6 Å². The Morgan fingerprint density at radius 2 is 2.08 bits per heavy atom. The molecule has 1 aliphatic carbocycles. The summed E-state index contributed by atoms with van der Waals surface area (Å²) in [5.41, 5.74) is 4.80. The van der Waals surface area contributed by atoms with Gasteiger partial charge >= 0.3 is 0 Å². The number of β-amino-alcohol motifs (C(OH)–C–C–N with tert-alkyl or cyclic N) is 1. The minimum atomic E-state index is -0.289. The van der Waals surface area contributed by atoms with Crippen molar-refractivity contribution in [2.45, 2.75) is 56.6 Å². The molecular formula is C27H31N5O4. The Morgan fingerprint density at radius 1 is 1.22 bits per heavy atom. The number of nitrogens with one attached hydrogen (secondary N) is 1. The van der Waals surface area contributed by atoms with Crippen LogP contribution < -0.4 is 5.32 Å². The molecule has 1 amide bonds. The fraction of sp³-hybridized carbons (Fsp3) is 0.481. The lowest BCUT2D eigenvalue weighted by atomic mass is 9.74. The Bertz CT molecular complexity index is 1270. The number of benzene rings is 1. The molecule has 4 heterocycles. The van der Waals surface area contributed by atoms with Crippen LogP contribution in [0.5, 0.6) is 0 Å². The van der Waals surface area contributed by atoms with Crippen LogP contribution in [-0.2, 0) is 23.1 Å². The number of likely N-dealkylation sites (tertiary alicyclic amines) is 1. The molecule has 1 aromatic carbocycles. The summed E-state index contributed by atoms with van der Waals surface area (Å²) in [5.74, 6) is 0.840. The number of aromatic nitrogens is 3. The number of ether oxygens (including phenoxy) is 1. The molecule has 1 saturated carbocycles. The molecule has 188 valence electrons. The Balaban J connectivity index is 1.21. The molecule has 0 bridgehead atoms. The first-order valence-corrected chi connectivity index (χ1v) is 12.7. The summed E-state index contributed by atoms with van der Waals surface area (Å²) < 4.78 is 10.7. The third kappa shape index (κ3) is 4.78. The van der Waals surface area contributed by atoms with Gasteiger partial charge in [0.1, 0.15) is 17.8 Å². The summed E-state index contributed by atoms with van der Waals surface area (Å²) in [6, 6.07) is 9.73. The minimum absolute atomic E-state index is 0.191. The average Bonchev–Trinajstić information content (AvgIpc) is 3.51. The van der Waals surface area contributed by atoms with Crippen LogP contribution in [0.3, 0.4) is 0 Å². The second-order valence-corrected chi connectivity index (χ2v) is 10.5. The molecule has 2 saturated heterocycles. The number of rotatable bonds is 8. The number of hydrogen-bond acceptors (Lipinski definition) is 8. The zero-order valence-corrected chi connectivity index (χ0v) is 20.4. The summed E-state index contributed by atoms with van der Waals surface area (Å²) >= 11 is 0. The number of hydrogen-bond donors (Lipinski definition) is 2. The van der Waals surface area contributed by atoms with Crippen molar-refractivity contribution in [2.24, 2.45) is 0 Å². The molecule has 3 fully saturated rings. The lowest BCUT2D eigenvalue weighted by Crippen LogP contribution is -2.48. The van der Waals surface area contributed by atoms with E-state index < -0.39 is 0 Å². The Labute approximate surface area is 209 Å². The number of carbonyl (C=O) groups excluding carboxylic acids is 1. The fourth-order valence-electron chi connectivity index (χ4n) is 5.07. The summed E-state index contributed by atoms with van der Waals surface area (Å²) in [6.45, 7) is 5.27. The molecule has 3 aliphatic rings. The third-order valence-electron chi connectivity index (χ3n) is 7.45. The van der Waals surface area contributed by atoms with Crippen molar-refractivity contribution in [3.63, 3.8) is 0 Å². The van der Waals surface area contributed by atoms with Crippen molar-refractivity contribution in [3.05, 3.63) is 70.6 Å². The summed E-state index contributed by atoms with van der Waals surface area (Å²) in [6.07, 6.45) is 4.98. The fourth-order valence-corrected chi connectivity index (χ4v) is 5.07. The van der Waals surface area contributed by atoms with E-state index >= 15 is 0 Å². The van der Waals surface area contributed by atoms with Gasteiger partial charge in [-0.05, 0) is 49.9 Å². The molecule has 2 N–H and O–H groups in total. The SMILES string of the molecule is Cc1conc1CC1(c2cccc(NC(=O)c3cc(CN4CC[C@H](O)C4)nc(C4CC4)n3)c2)COC1. The molecule has 3 aromatic rings. The van der Waals surface area contributed by atoms with Gasteiger partial charge in [-0.15, -0.1) is 0 Å². The van der Waals surface area contributed by atoms with Gasteiger partial charge in [-0.3, -0.25) is 9.69 Å². The molecule has 0 spiro atoms. The highest BCUT2D eigenvalue weighted by Gasteiger charge is 2.41. The number of aliphatic hydroxyl groups excluding tert-OH is 1. The standard InChI is InChI=1S/C27H31N5O4/c1-17-14-36-31-24(17)11-27(15-35-16-27)19-3-2-4-20(9-19)29-26(34)23-10-21(12-32-8-7-22(33)13-32)28-25(30-23)18-5-6-18/h2-4,9-10,14,18,22,33H,5-8,11-13,15-16H2,1H3,(H,29,34)/t22-/m0/s1. The van der Waals surface area contributed by atoms with Gasteiger partial charge in [-0.2, -0.15) is 0 Å². The summed E-state index contributed by atoms with van der Waals surface area (Å²) in [7, 11) is 0. The van der Waals surface area contributed by atoms with Gasteiger partial charge in [0.15, 0.2) is 0 Å². The van der Waals surface area contributed by atoms with Gasteiger partial charge in [0.25, 0.3) is 5.91 Å². The van der Waals surface area contributed by atoms with Crippen LogP contribution in [0.15, 0.2) is 41.1 Å². The van der Waals surface area contributed by atoms with Crippen LogP contribution in [0.2, 0.25) is 0 Å². The summed E-state index contributed by atoms with van der Waals surface area (Å²) in [5, 5.41) is 17.1. The minimum Gasteiger partial charge on any atom is -0.392 e. The maximum atomic E-state index is 13.3. The topological polar surface area (TPSA) is 114 Å². The van der Waals surface area contributed by atoms with Crippen LogP contribution in [0, 0.1) is 6.92 Å². The zero-order valence-electron chi connectivity index (χ0n) is 20.4. The molecule has 2 aliphatic heterocycles. The number of carbonyl (C=O) groups is 1. The first kappa shape index (κ1) is 23.3. The highest BCUT2D eigenvalue weighted by molar-refractivity contribution is 6.03.